The van der Waals surface area contributed by atoms with E-state index in [0.29, 0.717) is 0 Å². The SMILES string of the molecule is c1ccc(-c2ccc(N(c3cccc(-c4ccc5c(c4)c(-c4ccccc4)c(-c4ccccc4)c4ccccc45)c3)c3ccc(-c4ccccc4)c(-c4ccccc4)c3)cc2)cc1. The van der Waals surface area contributed by atoms with Crippen molar-refractivity contribution in [2.45, 2.75) is 0 Å². The predicted octanol–water partition coefficient (Wildman–Crippen LogP) is 17.5. The molecule has 0 fully saturated rings. The molecule has 11 aromatic carbocycles. The molecular weight excluding hydrogens is 759 g/mol. The predicted molar refractivity (Wildman–Crippen MR) is 269 cm³/mol. The fraction of sp³-hybridized carbons (Fsp3) is 0. The molecule has 0 aliphatic carbocycles. The third-order valence-corrected chi connectivity index (χ3v) is 12.3. The Morgan fingerprint density at radius 3 is 1.22 bits per heavy atom. The zero-order valence-electron chi connectivity index (χ0n) is 34.8. The highest BCUT2D eigenvalue weighted by Crippen LogP contribution is 2.47. The van der Waals surface area contributed by atoms with Crippen LogP contribution in [0.5, 0.6) is 0 Å². The zero-order chi connectivity index (χ0) is 42.0. The summed E-state index contributed by atoms with van der Waals surface area (Å²) in [4.78, 5) is 2.40. The fourth-order valence-electron chi connectivity index (χ4n) is 9.28. The van der Waals surface area contributed by atoms with Gasteiger partial charge in [0.15, 0.2) is 0 Å². The first-order valence-corrected chi connectivity index (χ1v) is 21.7. The van der Waals surface area contributed by atoms with Gasteiger partial charge in [-0.2, -0.15) is 0 Å². The highest BCUT2D eigenvalue weighted by molar-refractivity contribution is 6.22. The van der Waals surface area contributed by atoms with Crippen LogP contribution in [0.3, 0.4) is 0 Å². The Morgan fingerprint density at radius 2 is 0.603 bits per heavy atom. The van der Waals surface area contributed by atoms with Gasteiger partial charge in [0.1, 0.15) is 0 Å². The molecule has 0 heterocycles. The van der Waals surface area contributed by atoms with Crippen molar-refractivity contribution in [2.75, 3.05) is 4.90 Å². The van der Waals surface area contributed by atoms with Crippen molar-refractivity contribution in [3.63, 3.8) is 0 Å². The second-order valence-electron chi connectivity index (χ2n) is 16.0. The van der Waals surface area contributed by atoms with Gasteiger partial charge < -0.3 is 4.90 Å². The van der Waals surface area contributed by atoms with E-state index in [1.807, 2.05) is 0 Å². The van der Waals surface area contributed by atoms with Crippen LogP contribution < -0.4 is 4.90 Å². The standard InChI is InChI=1S/C62H43N/c1-6-19-44(20-7-1)45-33-36-52(37-34-45)63(54-38-40-55(46-21-8-2-9-22-46)59(43-54)47-23-10-3-11-24-47)53-30-18-29-50(41-53)51-35-39-57-56-31-16-17-32-58(56)61(48-25-12-4-13-26-48)62(60(57)42-51)49-27-14-5-15-28-49/h1-43H. The average molecular weight is 802 g/mol. The second-order valence-corrected chi connectivity index (χ2v) is 16.0. The quantitative estimate of drug-likeness (QED) is 0.131. The molecule has 0 aromatic heterocycles. The topological polar surface area (TPSA) is 3.24 Å². The summed E-state index contributed by atoms with van der Waals surface area (Å²) in [5.74, 6) is 0. The first-order valence-electron chi connectivity index (χ1n) is 21.7. The summed E-state index contributed by atoms with van der Waals surface area (Å²) in [6.45, 7) is 0. The van der Waals surface area contributed by atoms with Crippen molar-refractivity contribution in [3.8, 4) is 66.8 Å². The molecule has 11 rings (SSSR count). The summed E-state index contributed by atoms with van der Waals surface area (Å²) in [5.41, 5.74) is 17.6. The highest BCUT2D eigenvalue weighted by Gasteiger charge is 2.20. The Morgan fingerprint density at radius 1 is 0.190 bits per heavy atom. The molecule has 296 valence electrons. The van der Waals surface area contributed by atoms with Crippen LogP contribution in [0, 0.1) is 0 Å². The highest BCUT2D eigenvalue weighted by atomic mass is 15.1. The van der Waals surface area contributed by atoms with Gasteiger partial charge in [0, 0.05) is 17.1 Å². The van der Waals surface area contributed by atoms with E-state index >= 15 is 0 Å². The second kappa shape index (κ2) is 16.7. The number of rotatable bonds is 9. The Bertz CT molecular complexity index is 3340. The Hall–Kier alpha value is -8.26. The maximum absolute atomic E-state index is 2.41. The number of fused-ring (bicyclic) bond motifs is 3. The molecule has 1 nitrogen and oxygen atoms in total. The molecule has 0 aliphatic heterocycles. The normalized spacial score (nSPS) is 11.2. The molecule has 0 saturated heterocycles. The summed E-state index contributed by atoms with van der Waals surface area (Å²) in [7, 11) is 0. The lowest BCUT2D eigenvalue weighted by Crippen LogP contribution is -2.10. The first kappa shape index (κ1) is 37.7. The van der Waals surface area contributed by atoms with Crippen LogP contribution in [0.4, 0.5) is 17.1 Å². The van der Waals surface area contributed by atoms with Crippen LogP contribution in [0.2, 0.25) is 0 Å². The van der Waals surface area contributed by atoms with Crippen molar-refractivity contribution in [1.29, 1.82) is 0 Å². The lowest BCUT2D eigenvalue weighted by atomic mass is 9.84. The van der Waals surface area contributed by atoms with Crippen molar-refractivity contribution in [1.82, 2.24) is 0 Å². The van der Waals surface area contributed by atoms with E-state index in [2.05, 4.69) is 266 Å². The first-order chi connectivity index (χ1) is 31.3. The maximum Gasteiger partial charge on any atom is 0.0468 e. The van der Waals surface area contributed by atoms with Gasteiger partial charge in [-0.15, -0.1) is 0 Å². The summed E-state index contributed by atoms with van der Waals surface area (Å²) >= 11 is 0. The van der Waals surface area contributed by atoms with Crippen LogP contribution in [0.15, 0.2) is 261 Å². The monoisotopic (exact) mass is 801 g/mol. The minimum atomic E-state index is 1.08. The van der Waals surface area contributed by atoms with Gasteiger partial charge in [-0.05, 0) is 131 Å². The molecule has 1 heteroatoms. The van der Waals surface area contributed by atoms with Gasteiger partial charge in [-0.3, -0.25) is 0 Å². The van der Waals surface area contributed by atoms with Gasteiger partial charge in [0.25, 0.3) is 0 Å². The van der Waals surface area contributed by atoms with Crippen LogP contribution in [0.1, 0.15) is 0 Å². The van der Waals surface area contributed by atoms with E-state index < -0.39 is 0 Å². The van der Waals surface area contributed by atoms with E-state index in [4.69, 9.17) is 0 Å². The van der Waals surface area contributed by atoms with Gasteiger partial charge in [-0.25, -0.2) is 0 Å². The number of nitrogens with zero attached hydrogens (tertiary/aromatic N) is 1. The van der Waals surface area contributed by atoms with Crippen molar-refractivity contribution in [2.24, 2.45) is 0 Å². The molecule has 0 bridgehead atoms. The van der Waals surface area contributed by atoms with Crippen molar-refractivity contribution in [3.05, 3.63) is 261 Å². The third-order valence-electron chi connectivity index (χ3n) is 12.3. The van der Waals surface area contributed by atoms with Gasteiger partial charge in [-0.1, -0.05) is 218 Å². The van der Waals surface area contributed by atoms with E-state index in [0.717, 1.165) is 22.6 Å². The summed E-state index contributed by atoms with van der Waals surface area (Å²) in [5, 5.41) is 4.99. The van der Waals surface area contributed by atoms with Crippen LogP contribution in [-0.4, -0.2) is 0 Å². The molecule has 63 heavy (non-hydrogen) atoms. The van der Waals surface area contributed by atoms with E-state index in [1.54, 1.807) is 0 Å². The molecule has 0 amide bonds. The molecule has 0 unspecified atom stereocenters. The molecular formula is C62H43N. The molecule has 0 spiro atoms. The van der Waals surface area contributed by atoms with E-state index in [9.17, 15) is 0 Å². The smallest absolute Gasteiger partial charge is 0.0468 e. The lowest BCUT2D eigenvalue weighted by molar-refractivity contribution is 1.28. The van der Waals surface area contributed by atoms with E-state index in [-0.39, 0.29) is 0 Å². The van der Waals surface area contributed by atoms with Crippen molar-refractivity contribution >= 4 is 38.6 Å². The molecule has 0 N–H and O–H groups in total. The van der Waals surface area contributed by atoms with Crippen LogP contribution >= 0.6 is 0 Å². The minimum Gasteiger partial charge on any atom is -0.310 e. The summed E-state index contributed by atoms with van der Waals surface area (Å²) < 4.78 is 0. The Balaban J connectivity index is 1.11. The fourth-order valence-corrected chi connectivity index (χ4v) is 9.28. The van der Waals surface area contributed by atoms with Crippen molar-refractivity contribution < 1.29 is 0 Å². The average Bonchev–Trinajstić information content (AvgIpc) is 3.37. The number of benzene rings is 11. The number of hydrogen-bond acceptors (Lipinski definition) is 1. The molecule has 0 saturated carbocycles. The largest absolute Gasteiger partial charge is 0.310 e. The van der Waals surface area contributed by atoms with Gasteiger partial charge >= 0.3 is 0 Å². The third kappa shape index (κ3) is 7.26. The van der Waals surface area contributed by atoms with Crippen LogP contribution in [-0.2, 0) is 0 Å². The number of anilines is 3. The van der Waals surface area contributed by atoms with Gasteiger partial charge in [0.2, 0.25) is 0 Å². The Labute approximate surface area is 369 Å². The van der Waals surface area contributed by atoms with Crippen LogP contribution in [0.25, 0.3) is 88.3 Å². The molecule has 0 atom stereocenters. The van der Waals surface area contributed by atoms with Gasteiger partial charge in [0.05, 0.1) is 0 Å². The lowest BCUT2D eigenvalue weighted by Gasteiger charge is -2.27. The van der Waals surface area contributed by atoms with E-state index in [1.165, 1.54) is 82.7 Å². The summed E-state index contributed by atoms with van der Waals surface area (Å²) in [6, 6.07) is 94.6. The number of hydrogen-bond donors (Lipinski definition) is 0. The molecule has 11 aromatic rings. The molecule has 0 aliphatic rings. The maximum atomic E-state index is 2.41. The Kier molecular flexibility index (Phi) is 9.97. The molecule has 0 radical (unpaired) electrons. The summed E-state index contributed by atoms with van der Waals surface area (Å²) in [6.07, 6.45) is 0. The zero-order valence-corrected chi connectivity index (χ0v) is 34.8. The minimum absolute atomic E-state index is 1.08.